The molecule has 0 bridgehead atoms. The summed E-state index contributed by atoms with van der Waals surface area (Å²) in [5, 5.41) is 1.20. The maximum Gasteiger partial charge on any atom is 0.330 e. The largest absolute Gasteiger partial charge is 0.463 e. The monoisotopic (exact) mass is 341 g/mol. The Labute approximate surface area is 152 Å². The number of aromatic nitrogens is 1. The Balaban J connectivity index is 0.000000267. The van der Waals surface area contributed by atoms with Gasteiger partial charge in [0.05, 0.1) is 12.1 Å². The quantitative estimate of drug-likeness (QED) is 0.298. The topological polar surface area (TPSA) is 39.2 Å². The van der Waals surface area contributed by atoms with Crippen LogP contribution >= 0.6 is 0 Å². The van der Waals surface area contributed by atoms with E-state index in [0.29, 0.717) is 6.61 Å². The Morgan fingerprint density at radius 2 is 1.64 bits per heavy atom. The van der Waals surface area contributed by atoms with E-state index in [9.17, 15) is 4.79 Å². The summed E-state index contributed by atoms with van der Waals surface area (Å²) in [5.41, 5.74) is 1.06. The molecule has 136 valence electrons. The van der Waals surface area contributed by atoms with Crippen molar-refractivity contribution in [2.45, 2.75) is 58.3 Å². The minimum atomic E-state index is -0.307. The smallest absolute Gasteiger partial charge is 0.330 e. The fourth-order valence-corrected chi connectivity index (χ4v) is 2.48. The van der Waals surface area contributed by atoms with Crippen LogP contribution < -0.4 is 0 Å². The maximum atomic E-state index is 10.7. The number of fused-ring (bicyclic) bond motifs is 1. The lowest BCUT2D eigenvalue weighted by molar-refractivity contribution is -0.137. The van der Waals surface area contributed by atoms with Crippen molar-refractivity contribution in [3.8, 4) is 0 Å². The number of para-hydroxylation sites is 1. The molecule has 0 spiro atoms. The standard InChI is InChI=1S/C13H24O2.C9H7N/c1-3-5-6-7-8-9-10-11-12-15-13(14)4-2;1-2-6-9-8(4-1)5-3-7-10-9/h4H,2-3,5-12H2,1H3;1-7H. The number of ether oxygens (including phenoxy) is 1. The molecule has 0 saturated carbocycles. The normalized spacial score (nSPS) is 9.96. The minimum absolute atomic E-state index is 0.307. The summed E-state index contributed by atoms with van der Waals surface area (Å²) < 4.78 is 4.88. The van der Waals surface area contributed by atoms with Crippen molar-refractivity contribution in [3.63, 3.8) is 0 Å². The number of rotatable bonds is 10. The predicted molar refractivity (Wildman–Crippen MR) is 106 cm³/mol. The first-order chi connectivity index (χ1) is 12.3. The van der Waals surface area contributed by atoms with Crippen LogP contribution in [-0.4, -0.2) is 17.6 Å². The van der Waals surface area contributed by atoms with Crippen LogP contribution in [0.15, 0.2) is 55.3 Å². The van der Waals surface area contributed by atoms with Gasteiger partial charge in [-0.25, -0.2) is 4.79 Å². The Morgan fingerprint density at radius 3 is 2.32 bits per heavy atom. The van der Waals surface area contributed by atoms with E-state index in [-0.39, 0.29) is 5.97 Å². The van der Waals surface area contributed by atoms with E-state index in [4.69, 9.17) is 4.74 Å². The van der Waals surface area contributed by atoms with Crippen molar-refractivity contribution in [2.75, 3.05) is 6.61 Å². The van der Waals surface area contributed by atoms with E-state index < -0.39 is 0 Å². The number of hydrogen-bond acceptors (Lipinski definition) is 3. The fraction of sp³-hybridized carbons (Fsp3) is 0.455. The highest BCUT2D eigenvalue weighted by Gasteiger charge is 1.95. The molecule has 0 N–H and O–H groups in total. The van der Waals surface area contributed by atoms with E-state index in [1.807, 2.05) is 30.5 Å². The molecule has 0 radical (unpaired) electrons. The van der Waals surface area contributed by atoms with Crippen LogP contribution in [0, 0.1) is 0 Å². The average Bonchev–Trinajstić information content (AvgIpc) is 2.67. The lowest BCUT2D eigenvalue weighted by atomic mass is 10.1. The summed E-state index contributed by atoms with van der Waals surface area (Å²) in [6, 6.07) is 12.1. The van der Waals surface area contributed by atoms with E-state index in [1.54, 1.807) is 0 Å². The third-order valence-electron chi connectivity index (χ3n) is 3.92. The molecule has 0 unspecified atom stereocenters. The third-order valence-corrected chi connectivity index (χ3v) is 3.92. The van der Waals surface area contributed by atoms with Gasteiger partial charge in [-0.3, -0.25) is 4.98 Å². The third kappa shape index (κ3) is 10.3. The predicted octanol–water partition coefficient (Wildman–Crippen LogP) is 6.09. The molecule has 25 heavy (non-hydrogen) atoms. The number of benzene rings is 1. The molecule has 1 heterocycles. The van der Waals surface area contributed by atoms with Gasteiger partial charge >= 0.3 is 5.97 Å². The second kappa shape index (κ2) is 14.2. The molecule has 0 amide bonds. The van der Waals surface area contributed by atoms with E-state index in [0.717, 1.165) is 18.4 Å². The second-order valence-corrected chi connectivity index (χ2v) is 6.04. The van der Waals surface area contributed by atoms with E-state index >= 15 is 0 Å². The number of hydrogen-bond donors (Lipinski definition) is 0. The molecule has 3 heteroatoms. The molecule has 0 aliphatic rings. The Morgan fingerprint density at radius 1 is 1.00 bits per heavy atom. The maximum absolute atomic E-state index is 10.7. The van der Waals surface area contributed by atoms with Crippen molar-refractivity contribution >= 4 is 16.9 Å². The highest BCUT2D eigenvalue weighted by atomic mass is 16.5. The van der Waals surface area contributed by atoms with Crippen molar-refractivity contribution in [2.24, 2.45) is 0 Å². The molecule has 0 fully saturated rings. The van der Waals surface area contributed by atoms with Gasteiger partial charge in [0.25, 0.3) is 0 Å². The second-order valence-electron chi connectivity index (χ2n) is 6.04. The lowest BCUT2D eigenvalue weighted by Gasteiger charge is -2.02. The van der Waals surface area contributed by atoms with Crippen molar-refractivity contribution < 1.29 is 9.53 Å². The molecule has 3 nitrogen and oxygen atoms in total. The Hall–Kier alpha value is -2.16. The molecule has 2 aromatic rings. The number of unbranched alkanes of at least 4 members (excludes halogenated alkanes) is 7. The molecule has 0 aliphatic heterocycles. The number of carbonyl (C=O) groups excluding carboxylic acids is 1. The molecule has 0 atom stereocenters. The van der Waals surface area contributed by atoms with Gasteiger partial charge in [0, 0.05) is 17.7 Å². The molecular weight excluding hydrogens is 310 g/mol. The molecule has 1 aromatic carbocycles. The zero-order valence-corrected chi connectivity index (χ0v) is 15.5. The molecule has 0 aliphatic carbocycles. The van der Waals surface area contributed by atoms with Crippen LogP contribution in [0.2, 0.25) is 0 Å². The average molecular weight is 341 g/mol. The van der Waals surface area contributed by atoms with E-state index in [1.165, 1.54) is 50.0 Å². The van der Waals surface area contributed by atoms with Gasteiger partial charge in [0.1, 0.15) is 0 Å². The highest BCUT2D eigenvalue weighted by Crippen LogP contribution is 2.09. The minimum Gasteiger partial charge on any atom is -0.463 e. The van der Waals surface area contributed by atoms with Gasteiger partial charge in [-0.15, -0.1) is 0 Å². The summed E-state index contributed by atoms with van der Waals surface area (Å²) in [6.07, 6.45) is 13.1. The zero-order valence-electron chi connectivity index (χ0n) is 15.5. The fourth-order valence-electron chi connectivity index (χ4n) is 2.48. The number of nitrogens with zero attached hydrogens (tertiary/aromatic N) is 1. The summed E-state index contributed by atoms with van der Waals surface area (Å²) in [5.74, 6) is -0.307. The van der Waals surface area contributed by atoms with Gasteiger partial charge in [0.2, 0.25) is 0 Å². The van der Waals surface area contributed by atoms with Crippen LogP contribution in [0.1, 0.15) is 58.3 Å². The SMILES string of the molecule is C=CC(=O)OCCCCCCCCCC.c1ccc2ncccc2c1. The number of pyridine rings is 1. The summed E-state index contributed by atoms with van der Waals surface area (Å²) in [4.78, 5) is 14.9. The van der Waals surface area contributed by atoms with Gasteiger partial charge in [0.15, 0.2) is 0 Å². The first-order valence-electron chi connectivity index (χ1n) is 9.37. The van der Waals surface area contributed by atoms with Crippen molar-refractivity contribution in [1.29, 1.82) is 0 Å². The first-order valence-corrected chi connectivity index (χ1v) is 9.37. The Kier molecular flexibility index (Phi) is 11.9. The first kappa shape index (κ1) is 20.9. The number of carbonyl (C=O) groups is 1. The van der Waals surface area contributed by atoms with Gasteiger partial charge in [-0.1, -0.05) is 82.7 Å². The van der Waals surface area contributed by atoms with Crippen LogP contribution in [0.3, 0.4) is 0 Å². The summed E-state index contributed by atoms with van der Waals surface area (Å²) >= 11 is 0. The molecule has 0 saturated heterocycles. The van der Waals surface area contributed by atoms with Crippen LogP contribution in [0.4, 0.5) is 0 Å². The van der Waals surface area contributed by atoms with Crippen LogP contribution in [0.25, 0.3) is 10.9 Å². The van der Waals surface area contributed by atoms with Crippen molar-refractivity contribution in [1.82, 2.24) is 4.98 Å². The highest BCUT2D eigenvalue weighted by molar-refractivity contribution is 5.81. The number of esters is 1. The molecular formula is C22H31NO2. The summed E-state index contributed by atoms with van der Waals surface area (Å²) in [7, 11) is 0. The lowest BCUT2D eigenvalue weighted by Crippen LogP contribution is -2.01. The van der Waals surface area contributed by atoms with Crippen LogP contribution in [0.5, 0.6) is 0 Å². The Bertz CT molecular complexity index is 544. The van der Waals surface area contributed by atoms with Gasteiger partial charge in [-0.05, 0) is 18.6 Å². The van der Waals surface area contributed by atoms with Crippen LogP contribution in [-0.2, 0) is 9.53 Å². The molecule has 1 aromatic heterocycles. The zero-order chi connectivity index (χ0) is 18.2. The van der Waals surface area contributed by atoms with Gasteiger partial charge < -0.3 is 4.74 Å². The van der Waals surface area contributed by atoms with Gasteiger partial charge in [-0.2, -0.15) is 0 Å². The van der Waals surface area contributed by atoms with E-state index in [2.05, 4.69) is 30.6 Å². The molecule has 2 rings (SSSR count). The summed E-state index contributed by atoms with van der Waals surface area (Å²) in [6.45, 7) is 6.11. The van der Waals surface area contributed by atoms with Crippen molar-refractivity contribution in [3.05, 3.63) is 55.3 Å².